The third-order valence-electron chi connectivity index (χ3n) is 14.3. The lowest BCUT2D eigenvalue weighted by atomic mass is 9.81. The van der Waals surface area contributed by atoms with Gasteiger partial charge in [-0.2, -0.15) is 0 Å². The average Bonchev–Trinajstić information content (AvgIpc) is 4.03. The highest BCUT2D eigenvalue weighted by Crippen LogP contribution is 2.52. The van der Waals surface area contributed by atoms with Crippen molar-refractivity contribution in [2.24, 2.45) is 0 Å². The SMILES string of the molecule is CC1(C)c2ccccc2-c2cccc(-n3c4ccccc4c4ccc(-c5cccc(-c6ccccc6N(c6ccccc6)c6ccc7c(c6)cc(-c6ccccc6)n7-c6ccccc6)c5)cc43)c21. The molecule has 13 rings (SSSR count). The Morgan fingerprint density at radius 3 is 1.84 bits per heavy atom. The highest BCUT2D eigenvalue weighted by molar-refractivity contribution is 6.11. The zero-order valence-corrected chi connectivity index (χ0v) is 38.0. The van der Waals surface area contributed by atoms with E-state index < -0.39 is 0 Å². The van der Waals surface area contributed by atoms with Crippen LogP contribution in [0.1, 0.15) is 25.0 Å². The zero-order chi connectivity index (χ0) is 45.3. The van der Waals surface area contributed by atoms with Crippen LogP contribution in [-0.2, 0) is 5.41 Å². The minimum Gasteiger partial charge on any atom is -0.310 e. The smallest absolute Gasteiger partial charge is 0.0547 e. The van der Waals surface area contributed by atoms with Crippen LogP contribution in [0.5, 0.6) is 0 Å². The van der Waals surface area contributed by atoms with Crippen LogP contribution in [-0.4, -0.2) is 9.13 Å². The minimum atomic E-state index is -0.155. The van der Waals surface area contributed by atoms with Crippen molar-refractivity contribution in [2.45, 2.75) is 19.3 Å². The van der Waals surface area contributed by atoms with Crippen molar-refractivity contribution in [3.05, 3.63) is 260 Å². The Labute approximate surface area is 397 Å². The van der Waals surface area contributed by atoms with Gasteiger partial charge in [0.15, 0.2) is 0 Å². The Hall–Kier alpha value is -8.66. The van der Waals surface area contributed by atoms with E-state index in [0.717, 1.165) is 45.1 Å². The molecule has 1 aliphatic rings. The lowest BCUT2D eigenvalue weighted by molar-refractivity contribution is 0.656. The highest BCUT2D eigenvalue weighted by atomic mass is 15.1. The molecule has 0 amide bonds. The molecular formula is C65H47N3. The van der Waals surface area contributed by atoms with Crippen LogP contribution in [0.2, 0.25) is 0 Å². The molecule has 3 heteroatoms. The topological polar surface area (TPSA) is 13.1 Å². The third kappa shape index (κ3) is 6.27. The third-order valence-corrected chi connectivity index (χ3v) is 14.3. The molecular weight excluding hydrogens is 823 g/mol. The van der Waals surface area contributed by atoms with Gasteiger partial charge in [0.1, 0.15) is 0 Å². The van der Waals surface area contributed by atoms with Crippen LogP contribution in [0.4, 0.5) is 17.1 Å². The van der Waals surface area contributed by atoms with E-state index in [1.165, 1.54) is 71.8 Å². The first-order valence-corrected chi connectivity index (χ1v) is 23.6. The Balaban J connectivity index is 0.947. The summed E-state index contributed by atoms with van der Waals surface area (Å²) in [5.41, 5.74) is 21.5. The molecule has 10 aromatic carbocycles. The summed E-state index contributed by atoms with van der Waals surface area (Å²) in [6, 6.07) is 91.0. The quantitative estimate of drug-likeness (QED) is 0.148. The number of hydrogen-bond donors (Lipinski definition) is 0. The number of anilines is 3. The van der Waals surface area contributed by atoms with E-state index in [1.807, 2.05) is 0 Å². The fourth-order valence-electron chi connectivity index (χ4n) is 11.2. The van der Waals surface area contributed by atoms with Crippen molar-refractivity contribution in [1.29, 1.82) is 0 Å². The number of nitrogens with zero attached hydrogens (tertiary/aromatic N) is 3. The van der Waals surface area contributed by atoms with Crippen LogP contribution in [0.25, 0.3) is 88.7 Å². The number of rotatable bonds is 8. The lowest BCUT2D eigenvalue weighted by Gasteiger charge is -2.28. The second kappa shape index (κ2) is 15.8. The van der Waals surface area contributed by atoms with Gasteiger partial charge in [-0.05, 0) is 123 Å². The van der Waals surface area contributed by atoms with Gasteiger partial charge in [0.05, 0.1) is 33.6 Å². The van der Waals surface area contributed by atoms with Gasteiger partial charge in [-0.1, -0.05) is 184 Å². The molecule has 0 aliphatic heterocycles. The van der Waals surface area contributed by atoms with Crippen molar-refractivity contribution in [3.63, 3.8) is 0 Å². The maximum absolute atomic E-state index is 2.52. The van der Waals surface area contributed by atoms with Gasteiger partial charge in [-0.3, -0.25) is 0 Å². The van der Waals surface area contributed by atoms with E-state index in [-0.39, 0.29) is 5.41 Å². The van der Waals surface area contributed by atoms with Crippen LogP contribution < -0.4 is 4.90 Å². The predicted octanol–water partition coefficient (Wildman–Crippen LogP) is 17.5. The van der Waals surface area contributed by atoms with E-state index in [0.29, 0.717) is 0 Å². The van der Waals surface area contributed by atoms with Gasteiger partial charge in [-0.15, -0.1) is 0 Å². The van der Waals surface area contributed by atoms with E-state index in [2.05, 4.69) is 277 Å². The molecule has 0 atom stereocenters. The normalized spacial score (nSPS) is 12.7. The second-order valence-corrected chi connectivity index (χ2v) is 18.5. The summed E-state index contributed by atoms with van der Waals surface area (Å²) >= 11 is 0. The molecule has 3 nitrogen and oxygen atoms in total. The number of aromatic nitrogens is 2. The van der Waals surface area contributed by atoms with E-state index in [1.54, 1.807) is 0 Å². The van der Waals surface area contributed by atoms with Crippen molar-refractivity contribution in [2.75, 3.05) is 4.90 Å². The van der Waals surface area contributed by atoms with Crippen molar-refractivity contribution >= 4 is 49.8 Å². The van der Waals surface area contributed by atoms with Crippen LogP contribution in [0.15, 0.2) is 249 Å². The standard InChI is InChI=1S/C65H47N3/c1-65(2)57-32-15-12-29-53(57)56-31-19-35-61(64(56)65)68-60-34-17-14-30-54(60)55-38-36-46(42-63(55)68)45-22-18-23-47(40-45)52-28-13-16-33-59(52)66(49-24-8-4-9-25-49)51-37-39-58-48(41-51)43-62(44-20-6-3-7-21-44)67(58)50-26-10-5-11-27-50/h3-43H,1-2H3. The van der Waals surface area contributed by atoms with Crippen molar-refractivity contribution in [1.82, 2.24) is 9.13 Å². The zero-order valence-electron chi connectivity index (χ0n) is 38.0. The van der Waals surface area contributed by atoms with E-state index in [4.69, 9.17) is 0 Å². The number of hydrogen-bond acceptors (Lipinski definition) is 1. The first-order valence-electron chi connectivity index (χ1n) is 23.6. The van der Waals surface area contributed by atoms with E-state index in [9.17, 15) is 0 Å². The summed E-state index contributed by atoms with van der Waals surface area (Å²) < 4.78 is 4.90. The molecule has 0 saturated carbocycles. The molecule has 0 bridgehead atoms. The Morgan fingerprint density at radius 1 is 0.368 bits per heavy atom. The molecule has 2 heterocycles. The first-order chi connectivity index (χ1) is 33.5. The summed E-state index contributed by atoms with van der Waals surface area (Å²) in [6.45, 7) is 4.76. The summed E-state index contributed by atoms with van der Waals surface area (Å²) in [5, 5.41) is 3.68. The summed E-state index contributed by atoms with van der Waals surface area (Å²) in [4.78, 5) is 2.41. The van der Waals surface area contributed by atoms with Crippen molar-refractivity contribution < 1.29 is 0 Å². The fourth-order valence-corrected chi connectivity index (χ4v) is 11.2. The number of benzene rings is 10. The molecule has 0 N–H and O–H groups in total. The number of fused-ring (bicyclic) bond motifs is 7. The van der Waals surface area contributed by atoms with Gasteiger partial charge in [-0.25, -0.2) is 0 Å². The molecule has 12 aromatic rings. The highest BCUT2D eigenvalue weighted by Gasteiger charge is 2.38. The van der Waals surface area contributed by atoms with Gasteiger partial charge in [0.2, 0.25) is 0 Å². The monoisotopic (exact) mass is 869 g/mol. The molecule has 322 valence electrons. The van der Waals surface area contributed by atoms with Gasteiger partial charge < -0.3 is 14.0 Å². The first kappa shape index (κ1) is 39.7. The molecule has 2 aromatic heterocycles. The largest absolute Gasteiger partial charge is 0.310 e. The van der Waals surface area contributed by atoms with Crippen molar-refractivity contribution in [3.8, 4) is 56.0 Å². The van der Waals surface area contributed by atoms with Crippen LogP contribution in [0.3, 0.4) is 0 Å². The molecule has 0 radical (unpaired) electrons. The fraction of sp³-hybridized carbons (Fsp3) is 0.0462. The Bertz CT molecular complexity index is 3880. The summed E-state index contributed by atoms with van der Waals surface area (Å²) in [5.74, 6) is 0. The average molecular weight is 870 g/mol. The van der Waals surface area contributed by atoms with E-state index >= 15 is 0 Å². The number of para-hydroxylation sites is 4. The predicted molar refractivity (Wildman–Crippen MR) is 286 cm³/mol. The maximum Gasteiger partial charge on any atom is 0.0547 e. The minimum absolute atomic E-state index is 0.155. The molecule has 1 aliphatic carbocycles. The van der Waals surface area contributed by atoms with Gasteiger partial charge in [0, 0.05) is 44.2 Å². The van der Waals surface area contributed by atoms with Crippen LogP contribution >= 0.6 is 0 Å². The molecule has 68 heavy (non-hydrogen) atoms. The molecule has 0 fully saturated rings. The second-order valence-electron chi connectivity index (χ2n) is 18.5. The lowest BCUT2D eigenvalue weighted by Crippen LogP contribution is -2.18. The summed E-state index contributed by atoms with van der Waals surface area (Å²) in [6.07, 6.45) is 0. The summed E-state index contributed by atoms with van der Waals surface area (Å²) in [7, 11) is 0. The molecule has 0 unspecified atom stereocenters. The van der Waals surface area contributed by atoms with Gasteiger partial charge in [0.25, 0.3) is 0 Å². The molecule has 0 saturated heterocycles. The van der Waals surface area contributed by atoms with Gasteiger partial charge >= 0.3 is 0 Å². The molecule has 0 spiro atoms. The maximum atomic E-state index is 2.52. The Kier molecular flexibility index (Phi) is 9.19. The van der Waals surface area contributed by atoms with Crippen LogP contribution in [0, 0.1) is 0 Å². The Morgan fingerprint density at radius 2 is 1.00 bits per heavy atom.